The molecule has 96 valence electrons. The predicted molar refractivity (Wildman–Crippen MR) is 81.7 cm³/mol. The van der Waals surface area contributed by atoms with E-state index in [4.69, 9.17) is 5.73 Å². The van der Waals surface area contributed by atoms with Gasteiger partial charge in [0.25, 0.3) is 0 Å². The predicted octanol–water partition coefficient (Wildman–Crippen LogP) is 4.48. The number of rotatable bonds is 6. The van der Waals surface area contributed by atoms with Crippen molar-refractivity contribution in [2.75, 3.05) is 5.75 Å². The fraction of sp³-hybridized carbons (Fsp3) is 0.571. The average Bonchev–Trinajstić information content (AvgIpc) is 2.28. The molecule has 0 bridgehead atoms. The molecule has 0 amide bonds. The number of nitrogens with two attached hydrogens (primary N) is 1. The third kappa shape index (κ3) is 5.45. The van der Waals surface area contributed by atoms with E-state index in [0.29, 0.717) is 0 Å². The SMILES string of the molecule is CCC(C)CSc1ccc(CC(C)N)c(Br)c1. The quantitative estimate of drug-likeness (QED) is 0.783. The molecule has 2 N–H and O–H groups in total. The van der Waals surface area contributed by atoms with Crippen LogP contribution in [0.15, 0.2) is 27.6 Å². The molecular weight excluding hydrogens is 294 g/mol. The Bertz CT molecular complexity index is 352. The molecule has 0 fully saturated rings. The number of benzene rings is 1. The second kappa shape index (κ2) is 7.45. The Morgan fingerprint density at radius 3 is 2.59 bits per heavy atom. The Morgan fingerprint density at radius 1 is 1.35 bits per heavy atom. The summed E-state index contributed by atoms with van der Waals surface area (Å²) in [6, 6.07) is 6.82. The molecule has 1 aromatic rings. The van der Waals surface area contributed by atoms with Gasteiger partial charge in [0.2, 0.25) is 0 Å². The summed E-state index contributed by atoms with van der Waals surface area (Å²) >= 11 is 5.56. The van der Waals surface area contributed by atoms with Crippen LogP contribution in [0.4, 0.5) is 0 Å². The van der Waals surface area contributed by atoms with Gasteiger partial charge in [-0.05, 0) is 37.0 Å². The summed E-state index contributed by atoms with van der Waals surface area (Å²) in [5.41, 5.74) is 7.12. The summed E-state index contributed by atoms with van der Waals surface area (Å²) in [5.74, 6) is 1.97. The molecule has 2 unspecified atom stereocenters. The van der Waals surface area contributed by atoms with Gasteiger partial charge in [0, 0.05) is 21.2 Å². The van der Waals surface area contributed by atoms with Gasteiger partial charge in [-0.15, -0.1) is 11.8 Å². The lowest BCUT2D eigenvalue weighted by atomic mass is 10.1. The summed E-state index contributed by atoms with van der Waals surface area (Å²) < 4.78 is 1.18. The van der Waals surface area contributed by atoms with Crippen LogP contribution >= 0.6 is 27.7 Å². The molecule has 2 atom stereocenters. The molecule has 0 saturated carbocycles. The van der Waals surface area contributed by atoms with Crippen LogP contribution in [0.1, 0.15) is 32.8 Å². The van der Waals surface area contributed by atoms with Gasteiger partial charge in [-0.3, -0.25) is 0 Å². The van der Waals surface area contributed by atoms with E-state index in [1.807, 2.05) is 18.7 Å². The molecule has 0 saturated heterocycles. The van der Waals surface area contributed by atoms with Crippen LogP contribution in [-0.4, -0.2) is 11.8 Å². The Balaban J connectivity index is 2.62. The molecule has 1 rings (SSSR count). The highest BCUT2D eigenvalue weighted by Gasteiger charge is 2.06. The zero-order valence-corrected chi connectivity index (χ0v) is 13.3. The largest absolute Gasteiger partial charge is 0.328 e. The van der Waals surface area contributed by atoms with Gasteiger partial charge in [0.15, 0.2) is 0 Å². The molecule has 0 radical (unpaired) electrons. The van der Waals surface area contributed by atoms with Gasteiger partial charge in [-0.25, -0.2) is 0 Å². The third-order valence-corrected chi connectivity index (χ3v) is 4.86. The van der Waals surface area contributed by atoms with Crippen molar-refractivity contribution >= 4 is 27.7 Å². The second-order valence-electron chi connectivity index (χ2n) is 4.76. The Hall–Kier alpha value is 0.01000. The minimum atomic E-state index is 0.213. The summed E-state index contributed by atoms with van der Waals surface area (Å²) in [6.07, 6.45) is 2.17. The van der Waals surface area contributed by atoms with Gasteiger partial charge in [-0.1, -0.05) is 42.3 Å². The van der Waals surface area contributed by atoms with Crippen LogP contribution in [0.25, 0.3) is 0 Å². The summed E-state index contributed by atoms with van der Waals surface area (Å²) in [5, 5.41) is 0. The van der Waals surface area contributed by atoms with Crippen LogP contribution in [0.3, 0.4) is 0 Å². The highest BCUT2D eigenvalue weighted by Crippen LogP contribution is 2.27. The van der Waals surface area contributed by atoms with E-state index in [-0.39, 0.29) is 6.04 Å². The van der Waals surface area contributed by atoms with Gasteiger partial charge >= 0.3 is 0 Å². The molecule has 0 heterocycles. The fourth-order valence-electron chi connectivity index (χ4n) is 1.49. The fourth-order valence-corrected chi connectivity index (χ4v) is 3.26. The van der Waals surface area contributed by atoms with E-state index in [1.54, 1.807) is 0 Å². The summed E-state index contributed by atoms with van der Waals surface area (Å²) in [6.45, 7) is 6.58. The normalized spacial score (nSPS) is 14.6. The maximum absolute atomic E-state index is 5.82. The van der Waals surface area contributed by atoms with Gasteiger partial charge in [0.1, 0.15) is 0 Å². The summed E-state index contributed by atoms with van der Waals surface area (Å²) in [7, 11) is 0. The van der Waals surface area contributed by atoms with E-state index >= 15 is 0 Å². The molecule has 0 aromatic heterocycles. The molecule has 1 aromatic carbocycles. The zero-order chi connectivity index (χ0) is 12.8. The van der Waals surface area contributed by atoms with Crippen LogP contribution < -0.4 is 5.73 Å². The van der Waals surface area contributed by atoms with Crippen molar-refractivity contribution in [3.63, 3.8) is 0 Å². The second-order valence-corrected chi connectivity index (χ2v) is 6.71. The molecule has 0 aliphatic rings. The molecule has 0 aliphatic carbocycles. The first-order chi connectivity index (χ1) is 8.02. The molecule has 17 heavy (non-hydrogen) atoms. The lowest BCUT2D eigenvalue weighted by Gasteiger charge is -2.11. The van der Waals surface area contributed by atoms with Crippen LogP contribution in [0.2, 0.25) is 0 Å². The van der Waals surface area contributed by atoms with E-state index < -0.39 is 0 Å². The van der Waals surface area contributed by atoms with Crippen LogP contribution in [0.5, 0.6) is 0 Å². The first kappa shape index (κ1) is 15.1. The number of hydrogen-bond donors (Lipinski definition) is 1. The van der Waals surface area contributed by atoms with E-state index in [2.05, 4.69) is 48.0 Å². The monoisotopic (exact) mass is 315 g/mol. The molecule has 0 spiro atoms. The van der Waals surface area contributed by atoms with E-state index in [0.717, 1.165) is 12.3 Å². The van der Waals surface area contributed by atoms with Gasteiger partial charge in [0.05, 0.1) is 0 Å². The third-order valence-electron chi connectivity index (χ3n) is 2.80. The summed E-state index contributed by atoms with van der Waals surface area (Å²) in [4.78, 5) is 1.34. The van der Waals surface area contributed by atoms with Crippen molar-refractivity contribution in [3.05, 3.63) is 28.2 Å². The standard InChI is InChI=1S/C14H22BrNS/c1-4-10(2)9-17-13-6-5-12(7-11(3)16)14(15)8-13/h5-6,8,10-11H,4,7,9,16H2,1-3H3. The average molecular weight is 316 g/mol. The number of halogens is 1. The van der Waals surface area contributed by atoms with Crippen molar-refractivity contribution in [3.8, 4) is 0 Å². The smallest absolute Gasteiger partial charge is 0.0219 e. The van der Waals surface area contributed by atoms with E-state index in [1.165, 1.54) is 27.1 Å². The first-order valence-corrected chi connectivity index (χ1v) is 7.97. The Morgan fingerprint density at radius 2 is 2.06 bits per heavy atom. The maximum Gasteiger partial charge on any atom is 0.0219 e. The van der Waals surface area contributed by atoms with Crippen molar-refractivity contribution in [2.45, 2.75) is 44.6 Å². The minimum absolute atomic E-state index is 0.213. The molecule has 1 nitrogen and oxygen atoms in total. The van der Waals surface area contributed by atoms with Crippen molar-refractivity contribution in [1.82, 2.24) is 0 Å². The highest BCUT2D eigenvalue weighted by atomic mass is 79.9. The minimum Gasteiger partial charge on any atom is -0.328 e. The Kier molecular flexibility index (Phi) is 6.60. The van der Waals surface area contributed by atoms with Crippen molar-refractivity contribution in [2.24, 2.45) is 11.7 Å². The van der Waals surface area contributed by atoms with E-state index in [9.17, 15) is 0 Å². The molecular formula is C14H22BrNS. The molecule has 0 aliphatic heterocycles. The maximum atomic E-state index is 5.82. The topological polar surface area (TPSA) is 26.0 Å². The van der Waals surface area contributed by atoms with Crippen LogP contribution in [-0.2, 0) is 6.42 Å². The van der Waals surface area contributed by atoms with Gasteiger partial charge < -0.3 is 5.73 Å². The zero-order valence-electron chi connectivity index (χ0n) is 10.9. The van der Waals surface area contributed by atoms with Crippen molar-refractivity contribution in [1.29, 1.82) is 0 Å². The number of thioether (sulfide) groups is 1. The van der Waals surface area contributed by atoms with Gasteiger partial charge in [-0.2, -0.15) is 0 Å². The lowest BCUT2D eigenvalue weighted by molar-refractivity contribution is 0.637. The number of hydrogen-bond acceptors (Lipinski definition) is 2. The first-order valence-electron chi connectivity index (χ1n) is 6.19. The van der Waals surface area contributed by atoms with Crippen LogP contribution in [0, 0.1) is 5.92 Å². The molecule has 3 heteroatoms. The van der Waals surface area contributed by atoms with Crippen molar-refractivity contribution < 1.29 is 0 Å². The lowest BCUT2D eigenvalue weighted by Crippen LogP contribution is -2.17. The highest BCUT2D eigenvalue weighted by molar-refractivity contribution is 9.10. The Labute approximate surface area is 118 Å².